The van der Waals surface area contributed by atoms with Crippen LogP contribution in [0.25, 0.3) is 0 Å². The topological polar surface area (TPSA) is 118 Å². The Morgan fingerprint density at radius 2 is 1.68 bits per heavy atom. The standard InChI is InChI=1S/C20H19N3O5/c1-27-17-8-2-14(3-9-17)12-22-19(25)13-28-20(26)15-4-6-16(7-5-15)23-18(24)10-11-21/h2-9H,10,12-13H2,1H3,(H,22,25)(H,23,24). The van der Waals surface area contributed by atoms with Gasteiger partial charge in [-0.25, -0.2) is 4.79 Å². The second-order valence-electron chi connectivity index (χ2n) is 5.66. The fraction of sp³-hybridized carbons (Fsp3) is 0.200. The van der Waals surface area contributed by atoms with Crippen LogP contribution in [0.15, 0.2) is 48.5 Å². The molecule has 0 aromatic heterocycles. The first-order valence-corrected chi connectivity index (χ1v) is 8.35. The van der Waals surface area contributed by atoms with Gasteiger partial charge < -0.3 is 20.1 Å². The van der Waals surface area contributed by atoms with E-state index in [2.05, 4.69) is 10.6 Å². The molecule has 2 N–H and O–H groups in total. The lowest BCUT2D eigenvalue weighted by Crippen LogP contribution is -2.28. The second kappa shape index (κ2) is 10.3. The second-order valence-corrected chi connectivity index (χ2v) is 5.66. The molecule has 0 aliphatic carbocycles. The van der Waals surface area contributed by atoms with Gasteiger partial charge in [-0.05, 0) is 42.0 Å². The van der Waals surface area contributed by atoms with Gasteiger partial charge in [0.25, 0.3) is 5.91 Å². The van der Waals surface area contributed by atoms with Crippen molar-refractivity contribution in [1.82, 2.24) is 5.32 Å². The number of nitrogens with one attached hydrogen (secondary N) is 2. The summed E-state index contributed by atoms with van der Waals surface area (Å²) in [6.07, 6.45) is -0.255. The zero-order valence-corrected chi connectivity index (χ0v) is 15.2. The van der Waals surface area contributed by atoms with Crippen molar-refractivity contribution in [2.75, 3.05) is 19.0 Å². The molecule has 2 aromatic carbocycles. The van der Waals surface area contributed by atoms with Crippen LogP contribution in [0.5, 0.6) is 5.75 Å². The van der Waals surface area contributed by atoms with E-state index in [9.17, 15) is 14.4 Å². The van der Waals surface area contributed by atoms with E-state index >= 15 is 0 Å². The van der Waals surface area contributed by atoms with Crippen LogP contribution in [-0.4, -0.2) is 31.5 Å². The number of anilines is 1. The summed E-state index contributed by atoms with van der Waals surface area (Å²) in [5, 5.41) is 13.6. The Kier molecular flexibility index (Phi) is 7.54. The molecule has 0 bridgehead atoms. The van der Waals surface area contributed by atoms with E-state index < -0.39 is 24.4 Å². The van der Waals surface area contributed by atoms with E-state index in [4.69, 9.17) is 14.7 Å². The fourth-order valence-corrected chi connectivity index (χ4v) is 2.18. The van der Waals surface area contributed by atoms with Crippen LogP contribution in [0.2, 0.25) is 0 Å². The quantitative estimate of drug-likeness (QED) is 0.676. The molecule has 2 rings (SSSR count). The molecule has 2 aromatic rings. The predicted molar refractivity (Wildman–Crippen MR) is 100 cm³/mol. The highest BCUT2D eigenvalue weighted by molar-refractivity contribution is 5.94. The Morgan fingerprint density at radius 3 is 2.29 bits per heavy atom. The largest absolute Gasteiger partial charge is 0.497 e. The predicted octanol–water partition coefficient (Wildman–Crippen LogP) is 2.02. The Morgan fingerprint density at radius 1 is 1.00 bits per heavy atom. The summed E-state index contributed by atoms with van der Waals surface area (Å²) in [5.74, 6) is -0.801. The van der Waals surface area contributed by atoms with Crippen LogP contribution in [-0.2, 0) is 20.9 Å². The third-order valence-electron chi connectivity index (χ3n) is 3.63. The van der Waals surface area contributed by atoms with Gasteiger partial charge in [0.2, 0.25) is 5.91 Å². The van der Waals surface area contributed by atoms with Gasteiger partial charge in [-0.2, -0.15) is 5.26 Å². The van der Waals surface area contributed by atoms with Gasteiger partial charge in [0.05, 0.1) is 18.7 Å². The lowest BCUT2D eigenvalue weighted by atomic mass is 10.2. The maximum Gasteiger partial charge on any atom is 0.338 e. The SMILES string of the molecule is COc1ccc(CNC(=O)COC(=O)c2ccc(NC(=O)CC#N)cc2)cc1. The number of rotatable bonds is 8. The van der Waals surface area contributed by atoms with Crippen molar-refractivity contribution in [2.45, 2.75) is 13.0 Å². The summed E-state index contributed by atoms with van der Waals surface area (Å²) in [6, 6.07) is 14.9. The molecular weight excluding hydrogens is 362 g/mol. The van der Waals surface area contributed by atoms with Gasteiger partial charge in [-0.15, -0.1) is 0 Å². The number of carbonyl (C=O) groups excluding carboxylic acids is 3. The highest BCUT2D eigenvalue weighted by Gasteiger charge is 2.11. The number of hydrogen-bond acceptors (Lipinski definition) is 6. The van der Waals surface area contributed by atoms with Gasteiger partial charge in [-0.3, -0.25) is 9.59 Å². The van der Waals surface area contributed by atoms with Crippen molar-refractivity contribution in [1.29, 1.82) is 5.26 Å². The molecule has 0 saturated heterocycles. The number of hydrogen-bond donors (Lipinski definition) is 2. The van der Waals surface area contributed by atoms with Crippen LogP contribution in [0.1, 0.15) is 22.3 Å². The van der Waals surface area contributed by atoms with Crippen LogP contribution in [0, 0.1) is 11.3 Å². The number of methoxy groups -OCH3 is 1. The molecule has 0 saturated carbocycles. The summed E-state index contributed by atoms with van der Waals surface area (Å²) < 4.78 is 10.0. The smallest absolute Gasteiger partial charge is 0.338 e. The molecule has 0 aliphatic rings. The van der Waals surface area contributed by atoms with Crippen molar-refractivity contribution in [3.63, 3.8) is 0 Å². The van der Waals surface area contributed by atoms with Gasteiger partial charge in [0, 0.05) is 12.2 Å². The minimum absolute atomic E-state index is 0.237. The van der Waals surface area contributed by atoms with Crippen molar-refractivity contribution in [3.05, 3.63) is 59.7 Å². The molecule has 0 fully saturated rings. The molecule has 8 nitrogen and oxygen atoms in total. The van der Waals surface area contributed by atoms with Gasteiger partial charge in [0.15, 0.2) is 6.61 Å². The molecular formula is C20H19N3O5. The van der Waals surface area contributed by atoms with Crippen LogP contribution >= 0.6 is 0 Å². The van der Waals surface area contributed by atoms with Crippen LogP contribution in [0.4, 0.5) is 5.69 Å². The molecule has 0 atom stereocenters. The number of carbonyl (C=O) groups is 3. The van der Waals surface area contributed by atoms with E-state index in [1.807, 2.05) is 12.1 Å². The van der Waals surface area contributed by atoms with E-state index in [1.165, 1.54) is 24.3 Å². The first-order chi connectivity index (χ1) is 13.5. The Hall–Kier alpha value is -3.86. The number of benzene rings is 2. The minimum Gasteiger partial charge on any atom is -0.497 e. The Labute approximate surface area is 162 Å². The maximum absolute atomic E-state index is 12.0. The summed E-state index contributed by atoms with van der Waals surface area (Å²) in [6.45, 7) is -0.104. The average molecular weight is 381 g/mol. The molecule has 0 heterocycles. The molecule has 8 heteroatoms. The molecule has 28 heavy (non-hydrogen) atoms. The highest BCUT2D eigenvalue weighted by Crippen LogP contribution is 2.12. The highest BCUT2D eigenvalue weighted by atomic mass is 16.5. The van der Waals surface area contributed by atoms with E-state index in [0.717, 1.165) is 11.3 Å². The first kappa shape index (κ1) is 20.5. The molecule has 0 spiro atoms. The summed E-state index contributed by atoms with van der Waals surface area (Å²) in [5.41, 5.74) is 1.57. The third kappa shape index (κ3) is 6.46. The van der Waals surface area contributed by atoms with Crippen molar-refractivity contribution in [3.8, 4) is 11.8 Å². The number of nitrogens with zero attached hydrogens (tertiary/aromatic N) is 1. The molecule has 0 unspecified atom stereocenters. The first-order valence-electron chi connectivity index (χ1n) is 8.35. The van der Waals surface area contributed by atoms with Crippen molar-refractivity contribution in [2.24, 2.45) is 0 Å². The Balaban J connectivity index is 1.76. The summed E-state index contributed by atoms with van der Waals surface area (Å²) in [4.78, 5) is 35.1. The summed E-state index contributed by atoms with van der Waals surface area (Å²) >= 11 is 0. The van der Waals surface area contributed by atoms with Crippen molar-refractivity contribution < 1.29 is 23.9 Å². The average Bonchev–Trinajstić information content (AvgIpc) is 2.71. The molecule has 0 radical (unpaired) electrons. The fourth-order valence-electron chi connectivity index (χ4n) is 2.18. The number of ether oxygens (including phenoxy) is 2. The number of nitriles is 1. The monoisotopic (exact) mass is 381 g/mol. The molecule has 144 valence electrons. The zero-order chi connectivity index (χ0) is 20.4. The Bertz CT molecular complexity index is 870. The minimum atomic E-state index is -0.658. The summed E-state index contributed by atoms with van der Waals surface area (Å²) in [7, 11) is 1.57. The molecule has 0 aliphatic heterocycles. The third-order valence-corrected chi connectivity index (χ3v) is 3.63. The normalized spacial score (nSPS) is 9.71. The van der Waals surface area contributed by atoms with Crippen LogP contribution in [0.3, 0.4) is 0 Å². The van der Waals surface area contributed by atoms with Crippen LogP contribution < -0.4 is 15.4 Å². The zero-order valence-electron chi connectivity index (χ0n) is 15.2. The lowest BCUT2D eigenvalue weighted by molar-refractivity contribution is -0.124. The van der Waals surface area contributed by atoms with E-state index in [0.29, 0.717) is 12.2 Å². The van der Waals surface area contributed by atoms with E-state index in [1.54, 1.807) is 25.3 Å². The van der Waals surface area contributed by atoms with Gasteiger partial charge in [0.1, 0.15) is 12.2 Å². The van der Waals surface area contributed by atoms with Gasteiger partial charge in [-0.1, -0.05) is 12.1 Å². The van der Waals surface area contributed by atoms with E-state index in [-0.39, 0.29) is 12.0 Å². The van der Waals surface area contributed by atoms with Gasteiger partial charge >= 0.3 is 5.97 Å². The molecule has 2 amide bonds. The number of amides is 2. The number of esters is 1. The maximum atomic E-state index is 12.0. The lowest BCUT2D eigenvalue weighted by Gasteiger charge is -2.08. The van der Waals surface area contributed by atoms with Crippen molar-refractivity contribution >= 4 is 23.5 Å².